The zero-order valence-electron chi connectivity index (χ0n) is 13.0. The Morgan fingerprint density at radius 1 is 1.48 bits per heavy atom. The zero-order valence-corrected chi connectivity index (χ0v) is 13.8. The van der Waals surface area contributed by atoms with Gasteiger partial charge in [-0.3, -0.25) is 9.87 Å². The van der Waals surface area contributed by atoms with E-state index < -0.39 is 33.0 Å². The molecule has 13 heteroatoms. The van der Waals surface area contributed by atoms with E-state index in [0.29, 0.717) is 18.8 Å². The molecule has 3 aliphatic rings. The van der Waals surface area contributed by atoms with Crippen molar-refractivity contribution in [1.82, 2.24) is 35.7 Å². The van der Waals surface area contributed by atoms with Crippen LogP contribution in [0.3, 0.4) is 0 Å². The molecule has 1 aromatic rings. The van der Waals surface area contributed by atoms with Crippen LogP contribution < -0.4 is 10.6 Å². The zero-order chi connectivity index (χ0) is 18.0. The van der Waals surface area contributed by atoms with Crippen molar-refractivity contribution in [2.75, 3.05) is 20.1 Å². The van der Waals surface area contributed by atoms with E-state index in [-0.39, 0.29) is 10.7 Å². The number of alkyl halides is 2. The molecule has 3 unspecified atom stereocenters. The van der Waals surface area contributed by atoms with Gasteiger partial charge in [0.15, 0.2) is 0 Å². The van der Waals surface area contributed by atoms with Gasteiger partial charge >= 0.3 is 16.7 Å². The van der Waals surface area contributed by atoms with Crippen LogP contribution in [0, 0.1) is 5.92 Å². The monoisotopic (exact) mass is 375 g/mol. The van der Waals surface area contributed by atoms with Crippen molar-refractivity contribution in [2.24, 2.45) is 5.92 Å². The van der Waals surface area contributed by atoms with Crippen molar-refractivity contribution < 1.29 is 21.8 Å². The first kappa shape index (κ1) is 16.5. The molecule has 0 radical (unpaired) electrons. The summed E-state index contributed by atoms with van der Waals surface area (Å²) in [5.41, 5.74) is -0.258. The molecule has 3 atom stereocenters. The number of allylic oxidation sites excluding steroid dienone is 2. The van der Waals surface area contributed by atoms with Gasteiger partial charge in [0.1, 0.15) is 0 Å². The highest BCUT2D eigenvalue weighted by atomic mass is 32.2. The number of halogens is 2. The molecule has 2 fully saturated rings. The molecule has 2 saturated heterocycles. The van der Waals surface area contributed by atoms with Crippen molar-refractivity contribution in [3.05, 3.63) is 29.7 Å². The lowest BCUT2D eigenvalue weighted by Gasteiger charge is -2.32. The van der Waals surface area contributed by atoms with Crippen LogP contribution in [0.2, 0.25) is 0 Å². The summed E-state index contributed by atoms with van der Waals surface area (Å²) in [5, 5.41) is 16.2. The van der Waals surface area contributed by atoms with E-state index in [9.17, 15) is 21.8 Å². The molecule has 1 aliphatic carbocycles. The number of hydrogen-bond acceptors (Lipinski definition) is 8. The maximum atomic E-state index is 12.8. The predicted octanol–water partition coefficient (Wildman–Crippen LogP) is -0.987. The van der Waals surface area contributed by atoms with Gasteiger partial charge in [0, 0.05) is 31.8 Å². The Hall–Kier alpha value is -1.96. The molecule has 3 N–H and O–H groups in total. The molecular weight excluding hydrogens is 360 g/mol. The Morgan fingerprint density at radius 3 is 2.88 bits per heavy atom. The maximum absolute atomic E-state index is 12.8. The van der Waals surface area contributed by atoms with E-state index in [4.69, 9.17) is 0 Å². The van der Waals surface area contributed by atoms with Crippen molar-refractivity contribution in [3.63, 3.8) is 0 Å². The Bertz CT molecular complexity index is 885. The third-order valence-corrected chi connectivity index (χ3v) is 6.27. The minimum atomic E-state index is -4.89. The van der Waals surface area contributed by atoms with Crippen LogP contribution in [-0.2, 0) is 15.1 Å². The Morgan fingerprint density at radius 2 is 2.24 bits per heavy atom. The molecule has 4 rings (SSSR count). The van der Waals surface area contributed by atoms with Gasteiger partial charge in [-0.2, -0.15) is 17.2 Å². The summed E-state index contributed by atoms with van der Waals surface area (Å²) in [6.07, 6.45) is 5.40. The van der Waals surface area contributed by atoms with Gasteiger partial charge in [-0.15, -0.1) is 10.2 Å². The molecule has 136 valence electrons. The fourth-order valence-corrected chi connectivity index (χ4v) is 4.91. The van der Waals surface area contributed by atoms with E-state index in [0.717, 1.165) is 0 Å². The highest BCUT2D eigenvalue weighted by Crippen LogP contribution is 2.49. The average Bonchev–Trinajstić information content (AvgIpc) is 3.21. The largest absolute Gasteiger partial charge is 0.350 e. The minimum Gasteiger partial charge on any atom is -0.337 e. The topological polar surface area (TPSA) is 125 Å². The predicted molar refractivity (Wildman–Crippen MR) is 79.5 cm³/mol. The minimum absolute atomic E-state index is 0.00552. The molecule has 2 aliphatic heterocycles. The SMILES string of the molecule is CN1C2=CC=CC3CNCC23NC1(c1nnn(C(F)F)n1)S(=O)(=O)O. The van der Waals surface area contributed by atoms with Crippen LogP contribution in [-0.4, -0.2) is 63.8 Å². The van der Waals surface area contributed by atoms with Gasteiger partial charge in [-0.25, -0.2) is 0 Å². The Labute approximate surface area is 141 Å². The molecule has 3 heterocycles. The summed E-state index contributed by atoms with van der Waals surface area (Å²) in [5.74, 6) is -0.670. The van der Waals surface area contributed by atoms with Crippen LogP contribution in [0.4, 0.5) is 8.78 Å². The summed E-state index contributed by atoms with van der Waals surface area (Å²) < 4.78 is 60.3. The lowest BCUT2D eigenvalue weighted by atomic mass is 9.81. The highest BCUT2D eigenvalue weighted by molar-refractivity contribution is 7.86. The molecule has 10 nitrogen and oxygen atoms in total. The molecule has 0 bridgehead atoms. The van der Waals surface area contributed by atoms with Crippen LogP contribution >= 0.6 is 0 Å². The van der Waals surface area contributed by atoms with Crippen LogP contribution in [0.5, 0.6) is 0 Å². The number of rotatable bonds is 3. The van der Waals surface area contributed by atoms with Crippen molar-refractivity contribution in [1.29, 1.82) is 0 Å². The first-order valence-electron chi connectivity index (χ1n) is 7.40. The highest BCUT2D eigenvalue weighted by Gasteiger charge is 2.67. The maximum Gasteiger partial charge on any atom is 0.350 e. The number of tetrazole rings is 1. The van der Waals surface area contributed by atoms with Crippen molar-refractivity contribution in [2.45, 2.75) is 17.1 Å². The van der Waals surface area contributed by atoms with Crippen molar-refractivity contribution in [3.8, 4) is 0 Å². The number of likely N-dealkylation sites (N-methyl/N-ethyl adjacent to an activating group) is 1. The lowest BCUT2D eigenvalue weighted by Crippen LogP contribution is -2.59. The Balaban J connectivity index is 1.92. The molecule has 25 heavy (non-hydrogen) atoms. The van der Waals surface area contributed by atoms with Gasteiger partial charge in [0.2, 0.25) is 5.82 Å². The number of nitrogens with one attached hydrogen (secondary N) is 2. The lowest BCUT2D eigenvalue weighted by molar-refractivity contribution is 0.0388. The molecular formula is C12H15F2N7O3S. The van der Waals surface area contributed by atoms with Gasteiger partial charge in [0.05, 0.1) is 5.54 Å². The van der Waals surface area contributed by atoms with Crippen LogP contribution in [0.25, 0.3) is 0 Å². The second kappa shape index (κ2) is 5.03. The molecule has 0 aromatic carbocycles. The van der Waals surface area contributed by atoms with Crippen molar-refractivity contribution >= 4 is 10.1 Å². The van der Waals surface area contributed by atoms with E-state index in [1.54, 1.807) is 12.2 Å². The molecule has 0 amide bonds. The first-order valence-corrected chi connectivity index (χ1v) is 8.84. The van der Waals surface area contributed by atoms with Gasteiger partial charge in [-0.05, 0) is 11.3 Å². The molecule has 0 saturated carbocycles. The molecule has 1 spiro atoms. The first-order chi connectivity index (χ1) is 11.7. The summed E-state index contributed by atoms with van der Waals surface area (Å²) in [7, 11) is -3.46. The smallest absolute Gasteiger partial charge is 0.337 e. The normalized spacial score (nSPS) is 34.4. The molecule has 1 aromatic heterocycles. The van der Waals surface area contributed by atoms with Gasteiger partial charge in [0.25, 0.3) is 4.99 Å². The van der Waals surface area contributed by atoms with E-state index in [2.05, 4.69) is 26.0 Å². The summed E-state index contributed by atoms with van der Waals surface area (Å²) >= 11 is 0. The van der Waals surface area contributed by atoms with Crippen LogP contribution in [0.1, 0.15) is 12.4 Å². The van der Waals surface area contributed by atoms with Gasteiger partial charge < -0.3 is 10.2 Å². The van der Waals surface area contributed by atoms with E-state index in [1.807, 2.05) is 6.08 Å². The van der Waals surface area contributed by atoms with E-state index >= 15 is 0 Å². The standard InChI is InChI=1S/C12H15F2N7O3S/c1-20-8-4-2-3-7-5-15-6-11(7,8)18-12(20,25(22,23)24)9-16-19-21(17-9)10(13)14/h2-4,7,10,15,18H,5-6H2,1H3,(H,22,23,24). The fourth-order valence-electron chi connectivity index (χ4n) is 3.84. The van der Waals surface area contributed by atoms with Gasteiger partial charge in [-0.1, -0.05) is 16.9 Å². The van der Waals surface area contributed by atoms with E-state index in [1.165, 1.54) is 11.9 Å². The fraction of sp³-hybridized carbons (Fsp3) is 0.583. The summed E-state index contributed by atoms with van der Waals surface area (Å²) in [6.45, 7) is -2.11. The number of aromatic nitrogens is 4. The summed E-state index contributed by atoms with van der Waals surface area (Å²) in [6, 6.07) is 0. The number of nitrogens with zero attached hydrogens (tertiary/aromatic N) is 5. The number of hydrogen-bond donors (Lipinski definition) is 3. The third kappa shape index (κ3) is 1.97. The quantitative estimate of drug-likeness (QED) is 0.571. The Kier molecular flexibility index (Phi) is 3.32. The second-order valence-corrected chi connectivity index (χ2v) is 7.70. The van der Waals surface area contributed by atoms with Crippen LogP contribution in [0.15, 0.2) is 23.9 Å². The second-order valence-electron chi connectivity index (χ2n) is 6.16. The third-order valence-electron chi connectivity index (χ3n) is 4.96. The average molecular weight is 375 g/mol. The summed E-state index contributed by atoms with van der Waals surface area (Å²) in [4.78, 5) is -1.06.